The second-order valence-electron chi connectivity index (χ2n) is 8.86. The van der Waals surface area contributed by atoms with E-state index in [4.69, 9.17) is 0 Å². The highest BCUT2D eigenvalue weighted by molar-refractivity contribution is 5.86. The second kappa shape index (κ2) is 5.06. The van der Waals surface area contributed by atoms with E-state index in [2.05, 4.69) is 19.2 Å². The fraction of sp³-hybridized carbons (Fsp3) is 0.944. The lowest BCUT2D eigenvalue weighted by Crippen LogP contribution is -2.64. The van der Waals surface area contributed by atoms with E-state index in [1.54, 1.807) is 0 Å². The van der Waals surface area contributed by atoms with Crippen molar-refractivity contribution in [2.45, 2.75) is 83.9 Å². The lowest BCUT2D eigenvalue weighted by atomic mass is 9.45. The summed E-state index contributed by atoms with van der Waals surface area (Å²) >= 11 is 0. The standard InChI is InChI=1S/C18H31NO2/c1-11(2)15(20)16(19-12(3)4)17-6-13-5-14(7-17)9-18(21,8-13)10-17/h11-14,16,19,21H,5-10H2,1-4H3/t13?,14?,16-,17?,18?/m1/s1. The monoisotopic (exact) mass is 293 g/mol. The van der Waals surface area contributed by atoms with E-state index in [9.17, 15) is 9.90 Å². The Bertz CT molecular complexity index is 415. The lowest BCUT2D eigenvalue weighted by Gasteiger charge is -2.62. The van der Waals surface area contributed by atoms with Gasteiger partial charge in [-0.15, -0.1) is 0 Å². The quantitative estimate of drug-likeness (QED) is 0.819. The van der Waals surface area contributed by atoms with Crippen LogP contribution in [0.15, 0.2) is 0 Å². The lowest BCUT2D eigenvalue weighted by molar-refractivity contribution is -0.177. The maximum absolute atomic E-state index is 12.9. The van der Waals surface area contributed by atoms with Gasteiger partial charge in [0.15, 0.2) is 5.78 Å². The molecule has 0 spiro atoms. The largest absolute Gasteiger partial charge is 0.390 e. The molecule has 0 aromatic carbocycles. The van der Waals surface area contributed by atoms with Gasteiger partial charge < -0.3 is 10.4 Å². The van der Waals surface area contributed by atoms with Crippen molar-refractivity contribution >= 4 is 5.78 Å². The van der Waals surface area contributed by atoms with Crippen LogP contribution in [0.1, 0.15) is 66.2 Å². The molecule has 4 aliphatic rings. The molecular formula is C18H31NO2. The van der Waals surface area contributed by atoms with Crippen molar-refractivity contribution in [1.82, 2.24) is 5.32 Å². The molecule has 2 unspecified atom stereocenters. The summed E-state index contributed by atoms with van der Waals surface area (Å²) in [7, 11) is 0. The Morgan fingerprint density at radius 1 is 1.10 bits per heavy atom. The molecular weight excluding hydrogens is 262 g/mol. The molecule has 0 radical (unpaired) electrons. The van der Waals surface area contributed by atoms with Crippen LogP contribution >= 0.6 is 0 Å². The van der Waals surface area contributed by atoms with Gasteiger partial charge in [-0.25, -0.2) is 0 Å². The number of hydrogen-bond donors (Lipinski definition) is 2. The molecule has 120 valence electrons. The van der Waals surface area contributed by atoms with E-state index >= 15 is 0 Å². The number of aliphatic hydroxyl groups is 1. The van der Waals surface area contributed by atoms with E-state index in [-0.39, 0.29) is 17.4 Å². The minimum atomic E-state index is -0.488. The van der Waals surface area contributed by atoms with Crippen molar-refractivity contribution in [1.29, 1.82) is 0 Å². The van der Waals surface area contributed by atoms with E-state index in [0.29, 0.717) is 23.7 Å². The normalized spacial score (nSPS) is 42.8. The molecule has 0 heterocycles. The van der Waals surface area contributed by atoms with Crippen LogP contribution in [0.2, 0.25) is 0 Å². The van der Waals surface area contributed by atoms with E-state index < -0.39 is 5.60 Å². The van der Waals surface area contributed by atoms with Crippen LogP contribution in [0.25, 0.3) is 0 Å². The first kappa shape index (κ1) is 15.5. The summed E-state index contributed by atoms with van der Waals surface area (Å²) in [5, 5.41) is 14.5. The first-order valence-electron chi connectivity index (χ1n) is 8.75. The van der Waals surface area contributed by atoms with Crippen molar-refractivity contribution in [3.8, 4) is 0 Å². The Morgan fingerprint density at radius 3 is 2.10 bits per heavy atom. The minimum absolute atomic E-state index is 0.00442. The van der Waals surface area contributed by atoms with Crippen molar-refractivity contribution in [3.05, 3.63) is 0 Å². The summed E-state index contributed by atoms with van der Waals surface area (Å²) in [5.74, 6) is 1.67. The number of Topliss-reactive ketones (excluding diaryl/α,β-unsaturated/α-hetero) is 1. The summed E-state index contributed by atoms with van der Waals surface area (Å²) < 4.78 is 0. The second-order valence-corrected chi connectivity index (χ2v) is 8.86. The Hall–Kier alpha value is -0.410. The smallest absolute Gasteiger partial charge is 0.152 e. The SMILES string of the molecule is CC(C)N[C@H](C(=O)C(C)C)C12CC3CC(CC(O)(C3)C1)C2. The predicted molar refractivity (Wildman–Crippen MR) is 84.0 cm³/mol. The van der Waals surface area contributed by atoms with Gasteiger partial charge >= 0.3 is 0 Å². The number of rotatable bonds is 5. The Kier molecular flexibility index (Phi) is 3.73. The van der Waals surface area contributed by atoms with Crippen molar-refractivity contribution < 1.29 is 9.90 Å². The molecule has 3 nitrogen and oxygen atoms in total. The zero-order chi connectivity index (χ0) is 15.4. The summed E-state index contributed by atoms with van der Waals surface area (Å²) in [4.78, 5) is 12.9. The molecule has 4 rings (SSSR count). The fourth-order valence-electron chi connectivity index (χ4n) is 5.85. The van der Waals surface area contributed by atoms with Crippen molar-refractivity contribution in [2.75, 3.05) is 0 Å². The molecule has 3 atom stereocenters. The van der Waals surface area contributed by atoms with Crippen LogP contribution in [0.3, 0.4) is 0 Å². The van der Waals surface area contributed by atoms with E-state index in [1.807, 2.05) is 13.8 Å². The molecule has 0 aliphatic heterocycles. The maximum atomic E-state index is 12.9. The van der Waals surface area contributed by atoms with Crippen LogP contribution in [-0.2, 0) is 4.79 Å². The highest BCUT2D eigenvalue weighted by Crippen LogP contribution is 2.63. The van der Waals surface area contributed by atoms with Gasteiger partial charge in [-0.3, -0.25) is 4.79 Å². The molecule has 0 saturated heterocycles. The van der Waals surface area contributed by atoms with E-state index in [0.717, 1.165) is 32.1 Å². The third-order valence-electron chi connectivity index (χ3n) is 6.04. The molecule has 4 bridgehead atoms. The number of nitrogens with one attached hydrogen (secondary N) is 1. The maximum Gasteiger partial charge on any atom is 0.152 e. The first-order chi connectivity index (χ1) is 9.73. The highest BCUT2D eigenvalue weighted by Gasteiger charge is 2.60. The molecule has 0 aromatic heterocycles. The van der Waals surface area contributed by atoms with Crippen molar-refractivity contribution in [3.63, 3.8) is 0 Å². The fourth-order valence-corrected chi connectivity index (χ4v) is 5.85. The highest BCUT2D eigenvalue weighted by atomic mass is 16.3. The van der Waals surface area contributed by atoms with E-state index in [1.165, 1.54) is 6.42 Å². The van der Waals surface area contributed by atoms with Crippen LogP contribution in [0.5, 0.6) is 0 Å². The minimum Gasteiger partial charge on any atom is -0.390 e. The molecule has 21 heavy (non-hydrogen) atoms. The summed E-state index contributed by atoms with van der Waals surface area (Å²) in [6.45, 7) is 8.25. The predicted octanol–water partition coefficient (Wildman–Crippen LogP) is 2.91. The molecule has 0 aromatic rings. The topological polar surface area (TPSA) is 49.3 Å². The number of carbonyl (C=O) groups is 1. The summed E-state index contributed by atoms with van der Waals surface area (Å²) in [5.41, 5.74) is -0.483. The van der Waals surface area contributed by atoms with Crippen LogP contribution in [-0.4, -0.2) is 28.6 Å². The van der Waals surface area contributed by atoms with Gasteiger partial charge in [0.1, 0.15) is 0 Å². The van der Waals surface area contributed by atoms with Gasteiger partial charge in [0.2, 0.25) is 0 Å². The molecule has 4 saturated carbocycles. The van der Waals surface area contributed by atoms with Crippen LogP contribution in [0.4, 0.5) is 0 Å². The van der Waals surface area contributed by atoms with Crippen LogP contribution < -0.4 is 5.32 Å². The molecule has 4 aliphatic carbocycles. The Balaban J connectivity index is 1.92. The summed E-state index contributed by atoms with van der Waals surface area (Å²) in [6.07, 6.45) is 6.30. The van der Waals surface area contributed by atoms with Gasteiger partial charge in [0.25, 0.3) is 0 Å². The van der Waals surface area contributed by atoms with Gasteiger partial charge in [-0.05, 0) is 55.8 Å². The molecule has 3 heteroatoms. The third kappa shape index (κ3) is 2.68. The Labute approximate surface area is 128 Å². The zero-order valence-corrected chi connectivity index (χ0v) is 14.0. The molecule has 0 amide bonds. The van der Waals surface area contributed by atoms with Gasteiger partial charge in [-0.2, -0.15) is 0 Å². The number of carbonyl (C=O) groups excluding carboxylic acids is 1. The molecule has 4 fully saturated rings. The van der Waals surface area contributed by atoms with Crippen LogP contribution in [0, 0.1) is 23.2 Å². The third-order valence-corrected chi connectivity index (χ3v) is 6.04. The first-order valence-corrected chi connectivity index (χ1v) is 8.75. The summed E-state index contributed by atoms with van der Waals surface area (Å²) in [6, 6.07) is 0.232. The van der Waals surface area contributed by atoms with Gasteiger partial charge in [0.05, 0.1) is 11.6 Å². The molecule has 2 N–H and O–H groups in total. The zero-order valence-electron chi connectivity index (χ0n) is 14.0. The number of hydrogen-bond acceptors (Lipinski definition) is 3. The Morgan fingerprint density at radius 2 is 1.67 bits per heavy atom. The van der Waals surface area contributed by atoms with Gasteiger partial charge in [-0.1, -0.05) is 27.7 Å². The number of ketones is 1. The average Bonchev–Trinajstić information content (AvgIpc) is 2.31. The van der Waals surface area contributed by atoms with Gasteiger partial charge in [0, 0.05) is 12.0 Å². The average molecular weight is 293 g/mol. The van der Waals surface area contributed by atoms with Crippen molar-refractivity contribution in [2.24, 2.45) is 23.2 Å².